The van der Waals surface area contributed by atoms with Gasteiger partial charge in [0.15, 0.2) is 0 Å². The minimum atomic E-state index is -0.852. The fourth-order valence-electron chi connectivity index (χ4n) is 4.01. The van der Waals surface area contributed by atoms with Crippen molar-refractivity contribution in [1.29, 1.82) is 0 Å². The van der Waals surface area contributed by atoms with Crippen molar-refractivity contribution in [3.05, 3.63) is 0 Å². The molecule has 0 aromatic carbocycles. The summed E-state index contributed by atoms with van der Waals surface area (Å²) in [6.45, 7) is 0. The molecule has 3 fully saturated rings. The van der Waals surface area contributed by atoms with E-state index in [-0.39, 0.29) is 106 Å². The molecule has 3 saturated carbocycles. The molecule has 0 aliphatic heterocycles. The number of hydrogen-bond acceptors (Lipinski definition) is 6. The third-order valence-electron chi connectivity index (χ3n) is 5.82. The first-order valence-electron chi connectivity index (χ1n) is 10.5. The average molecular weight is 450 g/mol. The normalized spacial score (nSPS) is 19.6. The molecule has 6 nitrogen and oxygen atoms in total. The predicted octanol–water partition coefficient (Wildman–Crippen LogP) is -8.04. The van der Waals surface area contributed by atoms with E-state index >= 15 is 0 Å². The Hall–Kier alpha value is 1.41. The molecule has 30 heavy (non-hydrogen) atoms. The van der Waals surface area contributed by atoms with Gasteiger partial charge < -0.3 is 29.7 Å². The van der Waals surface area contributed by atoms with Crippen molar-refractivity contribution in [2.75, 3.05) is 0 Å². The topological polar surface area (TPSA) is 120 Å². The van der Waals surface area contributed by atoms with E-state index in [0.717, 1.165) is 77.0 Å². The van der Waals surface area contributed by atoms with E-state index in [0.29, 0.717) is 0 Å². The van der Waals surface area contributed by atoms with Gasteiger partial charge in [0, 0.05) is 17.9 Å². The number of carbonyl (C=O) groups is 3. The molecular weight excluding hydrogens is 417 g/mol. The van der Waals surface area contributed by atoms with Gasteiger partial charge in [-0.2, -0.15) is 0 Å². The van der Waals surface area contributed by atoms with Crippen molar-refractivity contribution >= 4 is 17.9 Å². The van der Waals surface area contributed by atoms with Crippen LogP contribution in [-0.2, 0) is 14.4 Å². The molecule has 0 amide bonds. The summed E-state index contributed by atoms with van der Waals surface area (Å²) < 4.78 is 0. The Kier molecular flexibility index (Phi) is 26.6. The molecule has 3 rings (SSSR count). The zero-order valence-corrected chi connectivity index (χ0v) is 25.3. The zero-order valence-electron chi connectivity index (χ0n) is 19.3. The maximum atomic E-state index is 10.2. The van der Waals surface area contributed by atoms with Gasteiger partial charge in [-0.15, -0.1) is 0 Å². The second kappa shape index (κ2) is 22.2. The van der Waals surface area contributed by atoms with Gasteiger partial charge in [-0.05, 0) is 56.3 Å². The minimum Gasteiger partial charge on any atom is -0.550 e. The number of carboxylic acid groups (broad SMARTS) is 3. The molecule has 0 atom stereocenters. The number of rotatable bonds is 3. The average Bonchev–Trinajstić information content (AvgIpc) is 2.71. The summed E-state index contributed by atoms with van der Waals surface area (Å²) in [6, 6.07) is 0. The van der Waals surface area contributed by atoms with Gasteiger partial charge >= 0.3 is 88.7 Å². The first-order valence-corrected chi connectivity index (χ1v) is 10.5. The largest absolute Gasteiger partial charge is 1.00 e. The van der Waals surface area contributed by atoms with Gasteiger partial charge in [0.25, 0.3) is 0 Å². The van der Waals surface area contributed by atoms with E-state index in [1.807, 2.05) is 0 Å². The molecule has 0 saturated heterocycles. The monoisotopic (exact) mass is 450 g/mol. The van der Waals surface area contributed by atoms with Crippen molar-refractivity contribution in [2.24, 2.45) is 17.8 Å². The molecule has 0 N–H and O–H groups in total. The van der Waals surface area contributed by atoms with E-state index < -0.39 is 17.9 Å². The predicted molar refractivity (Wildman–Crippen MR) is 94.7 cm³/mol. The van der Waals surface area contributed by atoms with E-state index in [2.05, 4.69) is 0 Å². The van der Waals surface area contributed by atoms with Crippen LogP contribution < -0.4 is 104 Å². The zero-order chi connectivity index (χ0) is 20.1. The third kappa shape index (κ3) is 17.0. The van der Waals surface area contributed by atoms with Gasteiger partial charge in [-0.3, -0.25) is 0 Å². The number of hydrogen-bond donors (Lipinski definition) is 0. The maximum Gasteiger partial charge on any atom is 1.00 e. The Morgan fingerprint density at radius 2 is 0.567 bits per heavy atom. The summed E-state index contributed by atoms with van der Waals surface area (Å²) >= 11 is 0. The molecule has 3 aliphatic rings. The van der Waals surface area contributed by atoms with Crippen molar-refractivity contribution in [2.45, 2.75) is 96.3 Å². The standard InChI is InChI=1S/3C7H12O2.3Na/c3*8-7(9)6-4-2-1-3-5-6;;;/h3*6H,1-5H2,(H,8,9);;;/q;;;3*+1/p-3. The first kappa shape index (κ1) is 36.0. The maximum absolute atomic E-state index is 10.2. The molecule has 156 valence electrons. The molecule has 9 heteroatoms. The van der Waals surface area contributed by atoms with Crippen LogP contribution in [0.3, 0.4) is 0 Å². The molecule has 0 unspecified atom stereocenters. The minimum absolute atomic E-state index is 0. The van der Waals surface area contributed by atoms with Gasteiger partial charge in [0.1, 0.15) is 0 Å². The van der Waals surface area contributed by atoms with Crippen LogP contribution in [-0.4, -0.2) is 17.9 Å². The summed E-state index contributed by atoms with van der Waals surface area (Å²) in [7, 11) is 0. The van der Waals surface area contributed by atoms with Gasteiger partial charge in [0.05, 0.1) is 0 Å². The van der Waals surface area contributed by atoms with E-state index in [9.17, 15) is 29.7 Å². The molecule has 0 aromatic heterocycles. The molecule has 0 spiro atoms. The Bertz CT molecular complexity index is 391. The first-order chi connectivity index (χ1) is 12.9. The van der Waals surface area contributed by atoms with E-state index in [1.54, 1.807) is 0 Å². The smallest absolute Gasteiger partial charge is 0.550 e. The summed E-state index contributed by atoms with van der Waals surface area (Å²) in [5, 5.41) is 30.7. The van der Waals surface area contributed by atoms with Gasteiger partial charge in [-0.1, -0.05) is 57.8 Å². The van der Waals surface area contributed by atoms with Crippen LogP contribution in [0.4, 0.5) is 0 Å². The van der Waals surface area contributed by atoms with E-state index in [4.69, 9.17) is 0 Å². The summed E-state index contributed by atoms with van der Waals surface area (Å²) in [4.78, 5) is 30.7. The van der Waals surface area contributed by atoms with Crippen LogP contribution >= 0.6 is 0 Å². The van der Waals surface area contributed by atoms with Crippen molar-refractivity contribution in [3.8, 4) is 0 Å². The molecular formula is C21H33Na3O6. The summed E-state index contributed by atoms with van der Waals surface area (Å²) in [5.41, 5.74) is 0. The second-order valence-electron chi connectivity index (χ2n) is 7.96. The Morgan fingerprint density at radius 1 is 0.400 bits per heavy atom. The van der Waals surface area contributed by atoms with Gasteiger partial charge in [0.2, 0.25) is 0 Å². The Morgan fingerprint density at radius 3 is 0.667 bits per heavy atom. The quantitative estimate of drug-likeness (QED) is 0.394. The van der Waals surface area contributed by atoms with Crippen LogP contribution in [0.15, 0.2) is 0 Å². The third-order valence-corrected chi connectivity index (χ3v) is 5.82. The number of carboxylic acids is 3. The van der Waals surface area contributed by atoms with Gasteiger partial charge in [-0.25, -0.2) is 0 Å². The molecule has 3 aliphatic carbocycles. The molecule has 0 bridgehead atoms. The second-order valence-corrected chi connectivity index (χ2v) is 7.96. The van der Waals surface area contributed by atoms with Crippen LogP contribution in [0, 0.1) is 17.8 Å². The Balaban J connectivity index is -0.000000347. The van der Waals surface area contributed by atoms with E-state index in [1.165, 1.54) is 19.3 Å². The van der Waals surface area contributed by atoms with Crippen LogP contribution in [0.5, 0.6) is 0 Å². The number of aliphatic carboxylic acids is 3. The molecule has 0 heterocycles. The van der Waals surface area contributed by atoms with Crippen molar-refractivity contribution < 1.29 is 118 Å². The molecule has 0 radical (unpaired) electrons. The Labute approximate surface area is 247 Å². The van der Waals surface area contributed by atoms with Crippen molar-refractivity contribution in [1.82, 2.24) is 0 Å². The molecule has 0 aromatic rings. The fourth-order valence-corrected chi connectivity index (χ4v) is 4.01. The summed E-state index contributed by atoms with van der Waals surface area (Å²) in [6.07, 6.45) is 15.0. The van der Waals surface area contributed by atoms with Crippen LogP contribution in [0.1, 0.15) is 96.3 Å². The van der Waals surface area contributed by atoms with Crippen molar-refractivity contribution in [3.63, 3.8) is 0 Å². The summed E-state index contributed by atoms with van der Waals surface area (Å²) in [5.74, 6) is -2.98. The van der Waals surface area contributed by atoms with Crippen LogP contribution in [0.25, 0.3) is 0 Å². The SMILES string of the molecule is O=C([O-])C1CCCCC1.O=C([O-])C1CCCCC1.O=C([O-])C1CCCCC1.[Na+].[Na+].[Na+]. The fraction of sp³-hybridized carbons (Fsp3) is 0.857. The van der Waals surface area contributed by atoms with Crippen LogP contribution in [0.2, 0.25) is 0 Å². The number of carbonyl (C=O) groups excluding carboxylic acids is 3.